The second-order valence-corrected chi connectivity index (χ2v) is 9.10. The molecule has 1 atom stereocenters. The van der Waals surface area contributed by atoms with Crippen LogP contribution in [0.5, 0.6) is 0 Å². The minimum Gasteiger partial charge on any atom is -0.306 e. The van der Waals surface area contributed by atoms with E-state index in [-0.39, 0.29) is 11.7 Å². The van der Waals surface area contributed by atoms with Gasteiger partial charge in [0.2, 0.25) is 0 Å². The lowest BCUT2D eigenvalue weighted by Gasteiger charge is -2.18. The van der Waals surface area contributed by atoms with Crippen LogP contribution in [0.4, 0.5) is 0 Å². The topological polar surface area (TPSA) is 37.4 Å². The third-order valence-electron chi connectivity index (χ3n) is 4.71. The summed E-state index contributed by atoms with van der Waals surface area (Å²) >= 11 is 0. The molecule has 0 amide bonds. The number of sulfone groups is 1. The Morgan fingerprint density at radius 3 is 2.38 bits per heavy atom. The summed E-state index contributed by atoms with van der Waals surface area (Å²) in [5, 5.41) is 0. The van der Waals surface area contributed by atoms with Crippen LogP contribution in [-0.2, 0) is 9.84 Å². The molecule has 0 radical (unpaired) electrons. The lowest BCUT2D eigenvalue weighted by molar-refractivity contribution is 0.456. The fraction of sp³-hybridized carbons (Fsp3) is 0.273. The van der Waals surface area contributed by atoms with Gasteiger partial charge in [0, 0.05) is 12.5 Å². The second kappa shape index (κ2) is 7.60. The molecule has 1 unspecified atom stereocenters. The van der Waals surface area contributed by atoms with Crippen molar-refractivity contribution in [2.75, 3.05) is 26.4 Å². The summed E-state index contributed by atoms with van der Waals surface area (Å²) in [5.74, 6) is 0.141. The molecule has 0 heterocycles. The molecule has 0 aliphatic heterocycles. The molecule has 0 fully saturated rings. The molecule has 1 aliphatic rings. The Hall–Kier alpha value is -2.17. The zero-order chi connectivity index (χ0) is 18.7. The van der Waals surface area contributed by atoms with E-state index in [1.807, 2.05) is 38.4 Å². The standard InChI is InChI=1S/C22H25NO2S/c1-4-26(24,25)19-14-13-18-12-11-17-8-5-6-9-20(17)21(22(18)16-19)10-7-15-23(2)3/h5-14,16,21H,4,15H2,1-3H3. The van der Waals surface area contributed by atoms with Crippen molar-refractivity contribution < 1.29 is 8.42 Å². The third-order valence-corrected chi connectivity index (χ3v) is 6.44. The van der Waals surface area contributed by atoms with Crippen molar-refractivity contribution in [3.63, 3.8) is 0 Å². The van der Waals surface area contributed by atoms with E-state index in [4.69, 9.17) is 0 Å². The lowest BCUT2D eigenvalue weighted by Crippen LogP contribution is -2.11. The van der Waals surface area contributed by atoms with Gasteiger partial charge in [0.25, 0.3) is 0 Å². The highest BCUT2D eigenvalue weighted by Gasteiger charge is 2.22. The third kappa shape index (κ3) is 3.81. The van der Waals surface area contributed by atoms with Crippen molar-refractivity contribution in [3.8, 4) is 0 Å². The van der Waals surface area contributed by atoms with E-state index in [9.17, 15) is 8.42 Å². The molecule has 0 spiro atoms. The van der Waals surface area contributed by atoms with Crippen molar-refractivity contribution in [2.24, 2.45) is 0 Å². The van der Waals surface area contributed by atoms with Gasteiger partial charge in [-0.25, -0.2) is 8.42 Å². The molecule has 0 aromatic heterocycles. The summed E-state index contributed by atoms with van der Waals surface area (Å²) in [6.45, 7) is 2.53. The summed E-state index contributed by atoms with van der Waals surface area (Å²) in [5.41, 5.74) is 4.47. The highest BCUT2D eigenvalue weighted by molar-refractivity contribution is 7.91. The molecule has 0 bridgehead atoms. The molecular weight excluding hydrogens is 342 g/mol. The smallest absolute Gasteiger partial charge is 0.178 e. The van der Waals surface area contributed by atoms with Gasteiger partial charge in [-0.05, 0) is 48.5 Å². The molecule has 3 nitrogen and oxygen atoms in total. The van der Waals surface area contributed by atoms with Crippen LogP contribution in [0.15, 0.2) is 59.5 Å². The average Bonchev–Trinajstić information content (AvgIpc) is 2.78. The SMILES string of the molecule is CCS(=O)(=O)c1ccc2c(c1)C(C=CCN(C)C)c1ccccc1C=C2. The quantitative estimate of drug-likeness (QED) is 0.743. The lowest BCUT2D eigenvalue weighted by atomic mass is 9.87. The molecule has 3 rings (SSSR count). The molecule has 2 aromatic rings. The maximum Gasteiger partial charge on any atom is 0.178 e. The molecule has 0 saturated carbocycles. The molecule has 0 N–H and O–H groups in total. The van der Waals surface area contributed by atoms with Gasteiger partial charge in [-0.3, -0.25) is 0 Å². The number of nitrogens with zero attached hydrogens (tertiary/aromatic N) is 1. The fourth-order valence-electron chi connectivity index (χ4n) is 3.24. The first kappa shape index (κ1) is 18.6. The zero-order valence-corrected chi connectivity index (χ0v) is 16.3. The number of allylic oxidation sites excluding steroid dienone is 1. The van der Waals surface area contributed by atoms with Gasteiger partial charge >= 0.3 is 0 Å². The minimum atomic E-state index is -3.23. The molecule has 2 aromatic carbocycles. The van der Waals surface area contributed by atoms with Crippen LogP contribution in [0, 0.1) is 0 Å². The Labute approximate surface area is 156 Å². The van der Waals surface area contributed by atoms with Crippen LogP contribution in [0.3, 0.4) is 0 Å². The van der Waals surface area contributed by atoms with E-state index in [0.29, 0.717) is 4.90 Å². The van der Waals surface area contributed by atoms with Gasteiger partial charge in [-0.1, -0.05) is 61.6 Å². The van der Waals surface area contributed by atoms with E-state index in [1.54, 1.807) is 13.0 Å². The van der Waals surface area contributed by atoms with Crippen LogP contribution >= 0.6 is 0 Å². The first-order valence-corrected chi connectivity index (χ1v) is 10.5. The van der Waals surface area contributed by atoms with Crippen molar-refractivity contribution in [3.05, 3.63) is 76.9 Å². The van der Waals surface area contributed by atoms with Gasteiger partial charge in [-0.15, -0.1) is 0 Å². The average molecular weight is 368 g/mol. The monoisotopic (exact) mass is 367 g/mol. The maximum absolute atomic E-state index is 12.4. The Kier molecular flexibility index (Phi) is 5.44. The number of likely N-dealkylation sites (N-methyl/N-ethyl adjacent to an activating group) is 1. The normalized spacial score (nSPS) is 16.5. The largest absolute Gasteiger partial charge is 0.306 e. The van der Waals surface area contributed by atoms with Crippen molar-refractivity contribution >= 4 is 22.0 Å². The Bertz CT molecular complexity index is 956. The first-order valence-electron chi connectivity index (χ1n) is 8.87. The van der Waals surface area contributed by atoms with Crippen LogP contribution in [0.1, 0.15) is 35.1 Å². The van der Waals surface area contributed by atoms with Crippen LogP contribution in [-0.4, -0.2) is 39.7 Å². The predicted molar refractivity (Wildman–Crippen MR) is 109 cm³/mol. The Morgan fingerprint density at radius 1 is 1.00 bits per heavy atom. The zero-order valence-electron chi connectivity index (χ0n) is 15.5. The Balaban J connectivity index is 2.17. The number of benzene rings is 2. The first-order chi connectivity index (χ1) is 12.4. The highest BCUT2D eigenvalue weighted by atomic mass is 32.2. The van der Waals surface area contributed by atoms with Crippen molar-refractivity contribution in [1.29, 1.82) is 0 Å². The number of fused-ring (bicyclic) bond motifs is 2. The summed E-state index contributed by atoms with van der Waals surface area (Å²) < 4.78 is 24.8. The summed E-state index contributed by atoms with van der Waals surface area (Å²) in [4.78, 5) is 2.51. The van der Waals surface area contributed by atoms with Gasteiger partial charge in [0.1, 0.15) is 0 Å². The summed E-state index contributed by atoms with van der Waals surface area (Å²) in [7, 11) is 0.834. The molecule has 26 heavy (non-hydrogen) atoms. The maximum atomic E-state index is 12.4. The van der Waals surface area contributed by atoms with Gasteiger partial charge < -0.3 is 4.90 Å². The highest BCUT2D eigenvalue weighted by Crippen LogP contribution is 2.36. The predicted octanol–water partition coefficient (Wildman–Crippen LogP) is 4.21. The number of rotatable bonds is 5. The van der Waals surface area contributed by atoms with Crippen molar-refractivity contribution in [2.45, 2.75) is 17.7 Å². The number of hydrogen-bond acceptors (Lipinski definition) is 3. The molecule has 136 valence electrons. The summed E-state index contributed by atoms with van der Waals surface area (Å²) in [6, 6.07) is 13.8. The van der Waals surface area contributed by atoms with Gasteiger partial charge in [0.05, 0.1) is 10.6 Å². The van der Waals surface area contributed by atoms with Crippen LogP contribution < -0.4 is 0 Å². The van der Waals surface area contributed by atoms with Crippen molar-refractivity contribution in [1.82, 2.24) is 4.90 Å². The van der Waals surface area contributed by atoms with E-state index in [0.717, 1.165) is 17.7 Å². The Morgan fingerprint density at radius 2 is 1.69 bits per heavy atom. The summed E-state index contributed by atoms with van der Waals surface area (Å²) in [6.07, 6.45) is 8.53. The molecule has 4 heteroatoms. The van der Waals surface area contributed by atoms with Gasteiger partial charge in [-0.2, -0.15) is 0 Å². The van der Waals surface area contributed by atoms with E-state index >= 15 is 0 Å². The second-order valence-electron chi connectivity index (χ2n) is 6.82. The van der Waals surface area contributed by atoms with E-state index < -0.39 is 9.84 Å². The molecule has 0 saturated heterocycles. The van der Waals surface area contributed by atoms with E-state index in [2.05, 4.69) is 41.3 Å². The van der Waals surface area contributed by atoms with Crippen LogP contribution in [0.2, 0.25) is 0 Å². The van der Waals surface area contributed by atoms with E-state index in [1.165, 1.54) is 11.1 Å². The van der Waals surface area contributed by atoms with Crippen LogP contribution in [0.25, 0.3) is 12.2 Å². The molecular formula is C22H25NO2S. The molecule has 1 aliphatic carbocycles. The van der Waals surface area contributed by atoms with Gasteiger partial charge in [0.15, 0.2) is 9.84 Å². The minimum absolute atomic E-state index is 0.0307. The number of hydrogen-bond donors (Lipinski definition) is 0. The fourth-order valence-corrected chi connectivity index (χ4v) is 4.16.